The number of carbonyl (C=O) groups excluding carboxylic acids is 1. The molecule has 92 valence electrons. The number of hydrogen-bond donors (Lipinski definition) is 1. The second kappa shape index (κ2) is 4.96. The summed E-state index contributed by atoms with van der Waals surface area (Å²) in [6.45, 7) is 5.16. The van der Waals surface area contributed by atoms with Gasteiger partial charge in [0.15, 0.2) is 0 Å². The summed E-state index contributed by atoms with van der Waals surface area (Å²) in [5.41, 5.74) is 1.53. The predicted molar refractivity (Wildman–Crippen MR) is 67.7 cm³/mol. The van der Waals surface area contributed by atoms with E-state index in [-0.39, 0.29) is 11.3 Å². The van der Waals surface area contributed by atoms with Crippen LogP contribution in [0.25, 0.3) is 0 Å². The van der Waals surface area contributed by atoms with Crippen LogP contribution in [-0.2, 0) is 0 Å². The van der Waals surface area contributed by atoms with Crippen molar-refractivity contribution in [1.29, 1.82) is 0 Å². The molecule has 0 aliphatic carbocycles. The molecule has 0 radical (unpaired) electrons. The molecular weight excluding hydrogens is 238 g/mol. The van der Waals surface area contributed by atoms with Gasteiger partial charge in [-0.2, -0.15) is 0 Å². The smallest absolute Gasteiger partial charge is 0.255 e. The van der Waals surface area contributed by atoms with Crippen LogP contribution in [0.1, 0.15) is 35.1 Å². The monoisotopic (exact) mass is 253 g/mol. The number of benzene rings is 1. The Labute approximate surface area is 106 Å². The van der Waals surface area contributed by atoms with E-state index in [2.05, 4.69) is 19.2 Å². The Hall–Kier alpha value is -1.22. The average Bonchev–Trinajstić information content (AvgIpc) is 2.50. The molecule has 1 aliphatic heterocycles. The van der Waals surface area contributed by atoms with Gasteiger partial charge in [-0.15, -0.1) is 11.6 Å². The van der Waals surface area contributed by atoms with E-state index in [1.54, 1.807) is 0 Å². The number of halogens is 1. The second-order valence-corrected chi connectivity index (χ2v) is 4.98. The van der Waals surface area contributed by atoms with Crippen molar-refractivity contribution in [2.24, 2.45) is 5.92 Å². The van der Waals surface area contributed by atoms with Crippen molar-refractivity contribution in [3.63, 3.8) is 0 Å². The van der Waals surface area contributed by atoms with E-state index in [1.807, 2.05) is 18.2 Å². The quantitative estimate of drug-likeness (QED) is 0.823. The number of rotatable bonds is 2. The first-order valence-corrected chi connectivity index (χ1v) is 6.22. The first-order chi connectivity index (χ1) is 8.09. The Kier molecular flexibility index (Phi) is 3.57. The van der Waals surface area contributed by atoms with E-state index < -0.39 is 0 Å². The summed E-state index contributed by atoms with van der Waals surface area (Å²) in [5, 5.41) is 2.70. The Balaban J connectivity index is 2.38. The third-order valence-electron chi connectivity index (χ3n) is 2.80. The molecule has 0 fully saturated rings. The molecule has 2 rings (SSSR count). The zero-order valence-corrected chi connectivity index (χ0v) is 10.8. The number of fused-ring (bicyclic) bond motifs is 1. The van der Waals surface area contributed by atoms with Gasteiger partial charge in [-0.1, -0.05) is 19.9 Å². The Bertz CT molecular complexity index is 431. The van der Waals surface area contributed by atoms with Crippen molar-refractivity contribution in [1.82, 2.24) is 5.32 Å². The third kappa shape index (κ3) is 2.55. The molecule has 1 amide bonds. The van der Waals surface area contributed by atoms with Crippen molar-refractivity contribution in [3.8, 4) is 5.75 Å². The lowest BCUT2D eigenvalue weighted by atomic mass is 9.99. The molecule has 0 saturated heterocycles. The number of carbonyl (C=O) groups is 1. The van der Waals surface area contributed by atoms with Crippen LogP contribution in [0, 0.1) is 5.92 Å². The highest BCUT2D eigenvalue weighted by Crippen LogP contribution is 2.32. The van der Waals surface area contributed by atoms with Gasteiger partial charge < -0.3 is 10.1 Å². The largest absolute Gasteiger partial charge is 0.491 e. The van der Waals surface area contributed by atoms with Crippen molar-refractivity contribution in [3.05, 3.63) is 29.3 Å². The summed E-state index contributed by atoms with van der Waals surface area (Å²) in [4.78, 5) is 11.8. The van der Waals surface area contributed by atoms with Gasteiger partial charge in [0.1, 0.15) is 12.4 Å². The minimum absolute atomic E-state index is 0.0867. The summed E-state index contributed by atoms with van der Waals surface area (Å²) in [7, 11) is 0. The van der Waals surface area contributed by atoms with E-state index in [9.17, 15) is 4.79 Å². The molecule has 4 heteroatoms. The summed E-state index contributed by atoms with van der Waals surface area (Å²) in [6, 6.07) is 5.58. The second-order valence-electron chi connectivity index (χ2n) is 4.51. The van der Waals surface area contributed by atoms with Crippen LogP contribution in [-0.4, -0.2) is 19.1 Å². The first-order valence-electron chi connectivity index (χ1n) is 5.78. The molecule has 0 aromatic heterocycles. The van der Waals surface area contributed by atoms with Crippen LogP contribution in [0.15, 0.2) is 18.2 Å². The van der Waals surface area contributed by atoms with Crippen LogP contribution >= 0.6 is 11.6 Å². The average molecular weight is 254 g/mol. The van der Waals surface area contributed by atoms with Gasteiger partial charge in [0.25, 0.3) is 5.91 Å². The van der Waals surface area contributed by atoms with E-state index in [4.69, 9.17) is 16.3 Å². The van der Waals surface area contributed by atoms with Gasteiger partial charge in [0.05, 0.1) is 17.5 Å². The molecule has 17 heavy (non-hydrogen) atoms. The fourth-order valence-electron chi connectivity index (χ4n) is 1.83. The number of ether oxygens (including phenoxy) is 1. The zero-order chi connectivity index (χ0) is 12.4. The molecule has 1 aromatic carbocycles. The van der Waals surface area contributed by atoms with Gasteiger partial charge in [-0.05, 0) is 23.6 Å². The number of alkyl halides is 1. The SMILES string of the molecule is CC(C)C(Cl)c1ccc2c(c1)C(=O)NCCO2. The van der Waals surface area contributed by atoms with Gasteiger partial charge in [0, 0.05) is 0 Å². The van der Waals surface area contributed by atoms with Gasteiger partial charge in [-0.3, -0.25) is 4.79 Å². The number of nitrogens with one attached hydrogen (secondary N) is 1. The normalized spacial score (nSPS) is 16.8. The summed E-state index contributed by atoms with van der Waals surface area (Å²) >= 11 is 6.30. The van der Waals surface area contributed by atoms with Gasteiger partial charge in [-0.25, -0.2) is 0 Å². The molecule has 1 unspecified atom stereocenters. The van der Waals surface area contributed by atoms with E-state index in [0.29, 0.717) is 30.4 Å². The van der Waals surface area contributed by atoms with Crippen molar-refractivity contribution in [2.45, 2.75) is 19.2 Å². The first kappa shape index (κ1) is 12.2. The Morgan fingerprint density at radius 3 is 2.88 bits per heavy atom. The molecule has 1 heterocycles. The lowest BCUT2D eigenvalue weighted by Gasteiger charge is -2.15. The molecular formula is C13H16ClNO2. The maximum Gasteiger partial charge on any atom is 0.255 e. The minimum Gasteiger partial charge on any atom is -0.491 e. The van der Waals surface area contributed by atoms with Crippen LogP contribution in [0.5, 0.6) is 5.75 Å². The Morgan fingerprint density at radius 2 is 2.18 bits per heavy atom. The molecule has 0 spiro atoms. The molecule has 0 bridgehead atoms. The third-order valence-corrected chi connectivity index (χ3v) is 3.55. The van der Waals surface area contributed by atoms with Crippen LogP contribution in [0.4, 0.5) is 0 Å². The van der Waals surface area contributed by atoms with Crippen LogP contribution in [0.2, 0.25) is 0 Å². The van der Waals surface area contributed by atoms with Crippen molar-refractivity contribution >= 4 is 17.5 Å². The fourth-order valence-corrected chi connectivity index (χ4v) is 1.96. The molecule has 3 nitrogen and oxygen atoms in total. The topological polar surface area (TPSA) is 38.3 Å². The van der Waals surface area contributed by atoms with Crippen LogP contribution < -0.4 is 10.1 Å². The lowest BCUT2D eigenvalue weighted by Crippen LogP contribution is -2.24. The van der Waals surface area contributed by atoms with Gasteiger partial charge >= 0.3 is 0 Å². The van der Waals surface area contributed by atoms with E-state index >= 15 is 0 Å². The number of amides is 1. The number of hydrogen-bond acceptors (Lipinski definition) is 2. The Morgan fingerprint density at radius 1 is 1.41 bits per heavy atom. The molecule has 0 saturated carbocycles. The summed E-state index contributed by atoms with van der Waals surface area (Å²) in [6.07, 6.45) is 0. The van der Waals surface area contributed by atoms with Crippen LogP contribution in [0.3, 0.4) is 0 Å². The maximum absolute atomic E-state index is 11.8. The van der Waals surface area contributed by atoms with Crippen molar-refractivity contribution in [2.75, 3.05) is 13.2 Å². The summed E-state index contributed by atoms with van der Waals surface area (Å²) in [5.74, 6) is 0.868. The summed E-state index contributed by atoms with van der Waals surface area (Å²) < 4.78 is 5.49. The molecule has 1 atom stereocenters. The van der Waals surface area contributed by atoms with Crippen molar-refractivity contribution < 1.29 is 9.53 Å². The molecule has 1 aliphatic rings. The van der Waals surface area contributed by atoms with E-state index in [0.717, 1.165) is 5.56 Å². The molecule has 1 aromatic rings. The highest BCUT2D eigenvalue weighted by atomic mass is 35.5. The highest BCUT2D eigenvalue weighted by Gasteiger charge is 2.20. The predicted octanol–water partition coefficient (Wildman–Crippen LogP) is 2.74. The standard InChI is InChI=1S/C13H16ClNO2/c1-8(2)12(14)9-3-4-11-10(7-9)13(16)15-5-6-17-11/h3-4,7-8,12H,5-6H2,1-2H3,(H,15,16). The fraction of sp³-hybridized carbons (Fsp3) is 0.462. The molecule has 1 N–H and O–H groups in total. The van der Waals surface area contributed by atoms with Gasteiger partial charge in [0.2, 0.25) is 0 Å². The zero-order valence-electron chi connectivity index (χ0n) is 10.00. The van der Waals surface area contributed by atoms with E-state index in [1.165, 1.54) is 0 Å². The lowest BCUT2D eigenvalue weighted by molar-refractivity contribution is 0.0957. The highest BCUT2D eigenvalue weighted by molar-refractivity contribution is 6.21. The maximum atomic E-state index is 11.8. The minimum atomic E-state index is -0.0908.